The summed E-state index contributed by atoms with van der Waals surface area (Å²) in [5, 5.41) is 21.6. The van der Waals surface area contributed by atoms with E-state index >= 15 is 0 Å². The molecule has 1 heterocycles. The SMILES string of the molecule is COC(=O)C1=C[C@H](N)[C@@H](NC(C)=O)[C@H](C(OC)C(O)CO)O1.Cl. The quantitative estimate of drug-likeness (QED) is 0.404. The lowest BCUT2D eigenvalue weighted by atomic mass is 9.92. The van der Waals surface area contributed by atoms with Crippen molar-refractivity contribution in [1.29, 1.82) is 0 Å². The Balaban J connectivity index is 0.00000484. The summed E-state index contributed by atoms with van der Waals surface area (Å²) in [6, 6.07) is -1.52. The number of nitrogens with one attached hydrogen (secondary N) is 1. The lowest BCUT2D eigenvalue weighted by molar-refractivity contribution is -0.151. The van der Waals surface area contributed by atoms with E-state index < -0.39 is 43.0 Å². The number of hydrogen-bond acceptors (Lipinski definition) is 8. The minimum atomic E-state index is -1.28. The van der Waals surface area contributed by atoms with Gasteiger partial charge in [-0.15, -0.1) is 12.4 Å². The number of amides is 1. The van der Waals surface area contributed by atoms with Gasteiger partial charge in [0, 0.05) is 14.0 Å². The molecule has 0 saturated heterocycles. The Morgan fingerprint density at radius 2 is 2.09 bits per heavy atom. The van der Waals surface area contributed by atoms with Crippen LogP contribution in [0.5, 0.6) is 0 Å². The van der Waals surface area contributed by atoms with Crippen LogP contribution in [0, 0.1) is 0 Å². The fourth-order valence-corrected chi connectivity index (χ4v) is 2.27. The fourth-order valence-electron chi connectivity index (χ4n) is 2.27. The minimum Gasteiger partial charge on any atom is -0.478 e. The molecule has 0 aliphatic carbocycles. The van der Waals surface area contributed by atoms with Crippen molar-refractivity contribution in [2.24, 2.45) is 5.73 Å². The summed E-state index contributed by atoms with van der Waals surface area (Å²) in [4.78, 5) is 23.0. The molecule has 0 fully saturated rings. The highest BCUT2D eigenvalue weighted by Crippen LogP contribution is 2.24. The summed E-state index contributed by atoms with van der Waals surface area (Å²) in [6.07, 6.45) is -1.96. The van der Waals surface area contributed by atoms with Crippen LogP contribution in [0.4, 0.5) is 0 Å². The van der Waals surface area contributed by atoms with Gasteiger partial charge in [-0.3, -0.25) is 4.79 Å². The maximum Gasteiger partial charge on any atom is 0.373 e. The second kappa shape index (κ2) is 9.68. The minimum absolute atomic E-state index is 0. The molecule has 0 bridgehead atoms. The van der Waals surface area contributed by atoms with Crippen LogP contribution in [-0.4, -0.2) is 73.3 Å². The summed E-state index contributed by atoms with van der Waals surface area (Å²) in [6.45, 7) is 0.714. The third kappa shape index (κ3) is 5.33. The molecule has 5 N–H and O–H groups in total. The van der Waals surface area contributed by atoms with E-state index in [1.54, 1.807) is 0 Å². The summed E-state index contributed by atoms with van der Waals surface area (Å²) < 4.78 is 15.2. The number of carbonyl (C=O) groups excluding carboxylic acids is 2. The van der Waals surface area contributed by atoms with Gasteiger partial charge in [-0.05, 0) is 6.08 Å². The van der Waals surface area contributed by atoms with Crippen molar-refractivity contribution in [3.63, 3.8) is 0 Å². The molecular formula is C13H23ClN2O7. The number of halogens is 1. The van der Waals surface area contributed by atoms with Crippen molar-refractivity contribution in [3.8, 4) is 0 Å². The molecule has 0 aromatic carbocycles. The van der Waals surface area contributed by atoms with Gasteiger partial charge in [-0.1, -0.05) is 0 Å². The smallest absolute Gasteiger partial charge is 0.373 e. The van der Waals surface area contributed by atoms with Gasteiger partial charge in [0.05, 0.1) is 25.8 Å². The molecule has 1 aliphatic rings. The zero-order chi connectivity index (χ0) is 16.9. The van der Waals surface area contributed by atoms with E-state index in [9.17, 15) is 14.7 Å². The van der Waals surface area contributed by atoms with Gasteiger partial charge in [-0.25, -0.2) is 4.79 Å². The molecule has 23 heavy (non-hydrogen) atoms. The topological polar surface area (TPSA) is 140 Å². The monoisotopic (exact) mass is 354 g/mol. The number of methoxy groups -OCH3 is 2. The highest BCUT2D eigenvalue weighted by molar-refractivity contribution is 5.86. The second-order valence-electron chi connectivity index (χ2n) is 4.86. The van der Waals surface area contributed by atoms with Crippen LogP contribution in [0.2, 0.25) is 0 Å². The predicted octanol–water partition coefficient (Wildman–Crippen LogP) is -1.94. The molecule has 1 rings (SSSR count). The molecule has 10 heteroatoms. The Morgan fingerprint density at radius 3 is 2.52 bits per heavy atom. The Morgan fingerprint density at radius 1 is 1.48 bits per heavy atom. The van der Waals surface area contributed by atoms with Gasteiger partial charge in [0.25, 0.3) is 0 Å². The Bertz CT molecular complexity index is 446. The standard InChI is InChI=1S/C13H22N2O7.ClH/c1-6(17)15-10-7(14)4-9(13(19)21-3)22-12(10)11(20-2)8(18)5-16;/h4,7-8,10-12,16,18H,5,14H2,1-3H3,(H,15,17);1H/t7-,8?,10+,11?,12+;/m0./s1. The summed E-state index contributed by atoms with van der Waals surface area (Å²) in [5.74, 6) is -1.25. The zero-order valence-corrected chi connectivity index (χ0v) is 13.9. The van der Waals surface area contributed by atoms with Crippen LogP contribution in [0.25, 0.3) is 0 Å². The number of aliphatic hydroxyl groups is 2. The van der Waals surface area contributed by atoms with Gasteiger partial charge < -0.3 is 35.5 Å². The number of hydrogen-bond donors (Lipinski definition) is 4. The molecule has 0 aromatic rings. The van der Waals surface area contributed by atoms with E-state index in [1.165, 1.54) is 27.2 Å². The molecule has 134 valence electrons. The third-order valence-corrected chi connectivity index (χ3v) is 3.29. The number of ether oxygens (including phenoxy) is 3. The van der Waals surface area contributed by atoms with Crippen molar-refractivity contribution in [2.45, 2.75) is 37.3 Å². The summed E-state index contributed by atoms with van der Waals surface area (Å²) >= 11 is 0. The summed E-state index contributed by atoms with van der Waals surface area (Å²) in [7, 11) is 2.49. The number of aliphatic hydroxyl groups excluding tert-OH is 2. The maximum absolute atomic E-state index is 11.6. The highest BCUT2D eigenvalue weighted by Gasteiger charge is 2.43. The van der Waals surface area contributed by atoms with Crippen LogP contribution < -0.4 is 11.1 Å². The molecule has 2 unspecified atom stereocenters. The van der Waals surface area contributed by atoms with Crippen molar-refractivity contribution in [3.05, 3.63) is 11.8 Å². The zero-order valence-electron chi connectivity index (χ0n) is 13.1. The third-order valence-electron chi connectivity index (χ3n) is 3.29. The number of carbonyl (C=O) groups is 2. The maximum atomic E-state index is 11.6. The molecule has 5 atom stereocenters. The van der Waals surface area contributed by atoms with Gasteiger partial charge in [0.2, 0.25) is 11.7 Å². The summed E-state index contributed by atoms with van der Waals surface area (Å²) in [5.41, 5.74) is 5.96. The largest absolute Gasteiger partial charge is 0.478 e. The predicted molar refractivity (Wildman–Crippen MR) is 81.7 cm³/mol. The van der Waals surface area contributed by atoms with Gasteiger partial charge in [-0.2, -0.15) is 0 Å². The average molecular weight is 355 g/mol. The highest BCUT2D eigenvalue weighted by atomic mass is 35.5. The van der Waals surface area contributed by atoms with E-state index in [0.29, 0.717) is 0 Å². The van der Waals surface area contributed by atoms with E-state index in [0.717, 1.165) is 0 Å². The Hall–Kier alpha value is -1.39. The Kier molecular flexibility index (Phi) is 9.10. The van der Waals surface area contributed by atoms with Crippen molar-refractivity contribution in [1.82, 2.24) is 5.32 Å². The van der Waals surface area contributed by atoms with Crippen molar-refractivity contribution in [2.75, 3.05) is 20.8 Å². The molecule has 1 aliphatic heterocycles. The number of nitrogens with two attached hydrogens (primary N) is 1. The number of esters is 1. The van der Waals surface area contributed by atoms with Gasteiger partial charge >= 0.3 is 5.97 Å². The van der Waals surface area contributed by atoms with Crippen molar-refractivity contribution < 1.29 is 34.0 Å². The molecular weight excluding hydrogens is 332 g/mol. The average Bonchev–Trinajstić information content (AvgIpc) is 2.49. The Labute approximate surface area is 140 Å². The second-order valence-corrected chi connectivity index (χ2v) is 4.86. The van der Waals surface area contributed by atoms with Crippen LogP contribution in [-0.2, 0) is 23.8 Å². The van der Waals surface area contributed by atoms with Crippen LogP contribution in [0.1, 0.15) is 6.92 Å². The first-order valence-electron chi connectivity index (χ1n) is 6.66. The lowest BCUT2D eigenvalue weighted by Gasteiger charge is -2.40. The molecule has 9 nitrogen and oxygen atoms in total. The van der Waals surface area contributed by atoms with Gasteiger partial charge in [0.1, 0.15) is 18.3 Å². The first-order chi connectivity index (χ1) is 10.3. The molecule has 0 spiro atoms. The fraction of sp³-hybridized carbons (Fsp3) is 0.692. The van der Waals surface area contributed by atoms with E-state index in [1.807, 2.05) is 0 Å². The van der Waals surface area contributed by atoms with Gasteiger partial charge in [0.15, 0.2) is 0 Å². The number of rotatable bonds is 6. The van der Waals surface area contributed by atoms with E-state index in [2.05, 4.69) is 10.1 Å². The van der Waals surface area contributed by atoms with Crippen LogP contribution in [0.3, 0.4) is 0 Å². The van der Waals surface area contributed by atoms with Crippen LogP contribution in [0.15, 0.2) is 11.8 Å². The van der Waals surface area contributed by atoms with E-state index in [-0.39, 0.29) is 24.1 Å². The first-order valence-corrected chi connectivity index (χ1v) is 6.66. The first kappa shape index (κ1) is 21.6. The molecule has 0 aromatic heterocycles. The van der Waals surface area contributed by atoms with E-state index in [4.69, 9.17) is 20.3 Å². The molecule has 1 amide bonds. The molecule has 0 radical (unpaired) electrons. The normalized spacial score (nSPS) is 26.0. The van der Waals surface area contributed by atoms with Crippen molar-refractivity contribution >= 4 is 24.3 Å². The molecule has 0 saturated carbocycles. The van der Waals surface area contributed by atoms with Crippen LogP contribution >= 0.6 is 12.4 Å². The lowest BCUT2D eigenvalue weighted by Crippen LogP contribution is -2.62.